The summed E-state index contributed by atoms with van der Waals surface area (Å²) in [6.07, 6.45) is -1.81. The zero-order valence-corrected chi connectivity index (χ0v) is 10.4. The van der Waals surface area contributed by atoms with Crippen molar-refractivity contribution < 1.29 is 10.2 Å². The number of rotatable bonds is 6. The van der Waals surface area contributed by atoms with Gasteiger partial charge in [-0.15, -0.1) is 0 Å². The highest BCUT2D eigenvalue weighted by Gasteiger charge is 2.17. The Morgan fingerprint density at radius 2 is 2.00 bits per heavy atom. The first-order valence-corrected chi connectivity index (χ1v) is 5.74. The molecule has 0 radical (unpaired) electrons. The van der Waals surface area contributed by atoms with Crippen molar-refractivity contribution in [1.29, 1.82) is 0 Å². The van der Waals surface area contributed by atoms with Gasteiger partial charge < -0.3 is 15.9 Å². The Hall–Kier alpha value is -1.66. The van der Waals surface area contributed by atoms with Gasteiger partial charge in [0.25, 0.3) is 0 Å². The smallest absolute Gasteiger partial charge is 0.105 e. The average Bonchev–Trinajstić information content (AvgIpc) is 2.38. The number of hydrogen-bond acceptors (Lipinski definition) is 4. The molecule has 18 heavy (non-hydrogen) atoms. The van der Waals surface area contributed by atoms with E-state index in [-0.39, 0.29) is 18.0 Å². The summed E-state index contributed by atoms with van der Waals surface area (Å²) in [7, 11) is 0. The van der Waals surface area contributed by atoms with Gasteiger partial charge in [0.05, 0.1) is 6.10 Å². The number of azide groups is 1. The molecule has 0 aliphatic heterocycles. The number of nitrogens with zero attached hydrogens (tertiary/aromatic N) is 3. The number of thiocarbonyl (C=S) groups is 1. The second-order valence-electron chi connectivity index (χ2n) is 3.74. The maximum atomic E-state index is 9.87. The van der Waals surface area contributed by atoms with Crippen LogP contribution in [0.4, 0.5) is 0 Å². The SMILES string of the molecule is [N-]=[N+]=NCCC(O)C(O)c1ccc(C(N)=S)cc1. The summed E-state index contributed by atoms with van der Waals surface area (Å²) in [5.41, 5.74) is 14.8. The van der Waals surface area contributed by atoms with Gasteiger partial charge in [-0.25, -0.2) is 0 Å². The Morgan fingerprint density at radius 3 is 2.50 bits per heavy atom. The van der Waals surface area contributed by atoms with E-state index in [1.807, 2.05) is 0 Å². The van der Waals surface area contributed by atoms with Gasteiger partial charge in [-0.2, -0.15) is 0 Å². The molecule has 0 fully saturated rings. The van der Waals surface area contributed by atoms with Gasteiger partial charge in [-0.05, 0) is 17.5 Å². The van der Waals surface area contributed by atoms with Crippen LogP contribution in [0, 0.1) is 0 Å². The molecule has 0 aliphatic carbocycles. The van der Waals surface area contributed by atoms with Crippen LogP contribution < -0.4 is 5.73 Å². The molecule has 2 unspecified atom stereocenters. The molecule has 0 bridgehead atoms. The first-order chi connectivity index (χ1) is 8.56. The highest BCUT2D eigenvalue weighted by molar-refractivity contribution is 7.80. The molecule has 0 spiro atoms. The van der Waals surface area contributed by atoms with E-state index >= 15 is 0 Å². The minimum Gasteiger partial charge on any atom is -0.390 e. The van der Waals surface area contributed by atoms with Crippen LogP contribution in [-0.4, -0.2) is 27.9 Å². The number of benzene rings is 1. The molecule has 0 saturated heterocycles. The highest BCUT2D eigenvalue weighted by Crippen LogP contribution is 2.19. The lowest BCUT2D eigenvalue weighted by atomic mass is 10.0. The van der Waals surface area contributed by atoms with Gasteiger partial charge in [0, 0.05) is 17.0 Å². The lowest BCUT2D eigenvalue weighted by Gasteiger charge is -2.17. The lowest BCUT2D eigenvalue weighted by Crippen LogP contribution is -2.19. The molecule has 1 aromatic carbocycles. The van der Waals surface area contributed by atoms with Gasteiger partial charge in [-0.1, -0.05) is 41.6 Å². The molecule has 0 heterocycles. The highest BCUT2D eigenvalue weighted by atomic mass is 32.1. The van der Waals surface area contributed by atoms with Gasteiger partial charge >= 0.3 is 0 Å². The van der Waals surface area contributed by atoms with Crippen LogP contribution in [0.3, 0.4) is 0 Å². The van der Waals surface area contributed by atoms with Crippen LogP contribution >= 0.6 is 12.2 Å². The van der Waals surface area contributed by atoms with E-state index < -0.39 is 12.2 Å². The minimum absolute atomic E-state index is 0.139. The van der Waals surface area contributed by atoms with E-state index in [1.54, 1.807) is 24.3 Å². The fraction of sp³-hybridized carbons (Fsp3) is 0.364. The second-order valence-corrected chi connectivity index (χ2v) is 4.18. The van der Waals surface area contributed by atoms with Crippen molar-refractivity contribution in [2.24, 2.45) is 10.8 Å². The summed E-state index contributed by atoms with van der Waals surface area (Å²) < 4.78 is 0. The molecule has 1 aromatic rings. The molecule has 1 rings (SSSR count). The van der Waals surface area contributed by atoms with E-state index in [0.717, 1.165) is 0 Å². The number of aliphatic hydroxyl groups excluding tert-OH is 2. The summed E-state index contributed by atoms with van der Waals surface area (Å²) in [4.78, 5) is 2.85. The summed E-state index contributed by atoms with van der Waals surface area (Å²) in [5.74, 6) is 0. The third kappa shape index (κ3) is 3.97. The monoisotopic (exact) mass is 266 g/mol. The average molecular weight is 266 g/mol. The Balaban J connectivity index is 2.68. The van der Waals surface area contributed by atoms with Crippen molar-refractivity contribution in [2.75, 3.05) is 6.54 Å². The van der Waals surface area contributed by atoms with Crippen molar-refractivity contribution in [3.63, 3.8) is 0 Å². The number of aliphatic hydroxyl groups is 2. The lowest BCUT2D eigenvalue weighted by molar-refractivity contribution is 0.0150. The summed E-state index contributed by atoms with van der Waals surface area (Å²) in [5, 5.41) is 22.9. The maximum absolute atomic E-state index is 9.87. The standard InChI is InChI=1S/C11H14N4O2S/c12-11(18)8-3-1-7(2-4-8)10(17)9(16)5-6-14-15-13/h1-4,9-10,16-17H,5-6H2,(H2,12,18). The zero-order chi connectivity index (χ0) is 13.5. The third-order valence-electron chi connectivity index (χ3n) is 2.49. The number of hydrogen-bond donors (Lipinski definition) is 3. The van der Waals surface area contributed by atoms with Crippen molar-refractivity contribution in [3.05, 3.63) is 45.8 Å². The third-order valence-corrected chi connectivity index (χ3v) is 2.72. The summed E-state index contributed by atoms with van der Waals surface area (Å²) in [6.45, 7) is 0.139. The Labute approximate surface area is 110 Å². The molecule has 6 nitrogen and oxygen atoms in total. The zero-order valence-electron chi connectivity index (χ0n) is 9.60. The fourth-order valence-electron chi connectivity index (χ4n) is 1.46. The fourth-order valence-corrected chi connectivity index (χ4v) is 1.60. The van der Waals surface area contributed by atoms with Crippen molar-refractivity contribution in [1.82, 2.24) is 0 Å². The molecule has 96 valence electrons. The van der Waals surface area contributed by atoms with Gasteiger partial charge in [0.2, 0.25) is 0 Å². The molecule has 0 saturated carbocycles. The topological polar surface area (TPSA) is 115 Å². The van der Waals surface area contributed by atoms with E-state index in [0.29, 0.717) is 11.1 Å². The maximum Gasteiger partial charge on any atom is 0.105 e. The Morgan fingerprint density at radius 1 is 1.39 bits per heavy atom. The van der Waals surface area contributed by atoms with Crippen LogP contribution in [0.1, 0.15) is 23.7 Å². The summed E-state index contributed by atoms with van der Waals surface area (Å²) in [6, 6.07) is 6.66. The molecule has 0 aliphatic rings. The molecule has 0 aromatic heterocycles. The molecular formula is C11H14N4O2S. The molecular weight excluding hydrogens is 252 g/mol. The largest absolute Gasteiger partial charge is 0.390 e. The molecule has 2 atom stereocenters. The van der Waals surface area contributed by atoms with Crippen LogP contribution in [0.2, 0.25) is 0 Å². The quantitative estimate of drug-likeness (QED) is 0.312. The minimum atomic E-state index is -1.03. The van der Waals surface area contributed by atoms with E-state index in [4.69, 9.17) is 23.5 Å². The first-order valence-electron chi connectivity index (χ1n) is 5.33. The Bertz CT molecular complexity index is 457. The van der Waals surface area contributed by atoms with Gasteiger partial charge in [-0.3, -0.25) is 0 Å². The number of nitrogens with two attached hydrogens (primary N) is 1. The van der Waals surface area contributed by atoms with Crippen LogP contribution in [0.15, 0.2) is 29.4 Å². The second kappa shape index (κ2) is 6.93. The molecule has 0 amide bonds. The summed E-state index contributed by atoms with van der Waals surface area (Å²) >= 11 is 4.81. The Kier molecular flexibility index (Phi) is 5.54. The van der Waals surface area contributed by atoms with E-state index in [1.165, 1.54) is 0 Å². The molecule has 7 heteroatoms. The predicted molar refractivity (Wildman–Crippen MR) is 71.9 cm³/mol. The normalized spacial score (nSPS) is 13.4. The van der Waals surface area contributed by atoms with E-state index in [2.05, 4.69) is 10.0 Å². The van der Waals surface area contributed by atoms with Crippen LogP contribution in [-0.2, 0) is 0 Å². The van der Waals surface area contributed by atoms with Gasteiger partial charge in [0.15, 0.2) is 0 Å². The van der Waals surface area contributed by atoms with Crippen LogP contribution in [0.25, 0.3) is 10.4 Å². The van der Waals surface area contributed by atoms with E-state index in [9.17, 15) is 10.2 Å². The predicted octanol–water partition coefficient (Wildman–Crippen LogP) is 1.42. The first kappa shape index (κ1) is 14.4. The van der Waals surface area contributed by atoms with Crippen molar-refractivity contribution in [2.45, 2.75) is 18.6 Å². The van der Waals surface area contributed by atoms with Crippen LogP contribution in [0.5, 0.6) is 0 Å². The van der Waals surface area contributed by atoms with Crippen molar-refractivity contribution >= 4 is 17.2 Å². The van der Waals surface area contributed by atoms with Crippen molar-refractivity contribution in [3.8, 4) is 0 Å². The van der Waals surface area contributed by atoms with Gasteiger partial charge in [0.1, 0.15) is 11.1 Å². The molecule has 4 N–H and O–H groups in total.